The second-order valence-corrected chi connectivity index (χ2v) is 4.82. The molecule has 0 bridgehead atoms. The van der Waals surface area contributed by atoms with E-state index in [0.29, 0.717) is 0 Å². The van der Waals surface area contributed by atoms with Crippen LogP contribution in [0.2, 0.25) is 0 Å². The van der Waals surface area contributed by atoms with Crippen LogP contribution in [0.3, 0.4) is 0 Å². The average Bonchev–Trinajstić information content (AvgIpc) is 2.43. The molecule has 0 fully saturated rings. The van der Waals surface area contributed by atoms with Crippen LogP contribution in [-0.4, -0.2) is 16.5 Å². The Kier molecular flexibility index (Phi) is 4.63. The molecule has 3 heteroatoms. The summed E-state index contributed by atoms with van der Waals surface area (Å²) in [7, 11) is 0. The summed E-state index contributed by atoms with van der Waals surface area (Å²) in [4.78, 5) is 8.60. The van der Waals surface area contributed by atoms with Crippen molar-refractivity contribution in [2.24, 2.45) is 0 Å². The van der Waals surface area contributed by atoms with Gasteiger partial charge in [-0.2, -0.15) is 0 Å². The van der Waals surface area contributed by atoms with Crippen molar-refractivity contribution < 1.29 is 0 Å². The summed E-state index contributed by atoms with van der Waals surface area (Å²) in [5.74, 6) is 0. The van der Waals surface area contributed by atoms with Crippen LogP contribution in [0.25, 0.3) is 0 Å². The molecule has 1 unspecified atom stereocenters. The number of aromatic nitrogens is 2. The Bertz CT molecular complexity index is 503. The van der Waals surface area contributed by atoms with Crippen molar-refractivity contribution in [2.75, 3.05) is 6.54 Å². The van der Waals surface area contributed by atoms with Crippen LogP contribution in [0.15, 0.2) is 36.8 Å². The minimum absolute atomic E-state index is 0.221. The minimum Gasteiger partial charge on any atom is -0.309 e. The number of hydrogen-bond donors (Lipinski definition) is 1. The van der Waals surface area contributed by atoms with E-state index in [4.69, 9.17) is 0 Å². The molecule has 19 heavy (non-hydrogen) atoms. The monoisotopic (exact) mass is 255 g/mol. The van der Waals surface area contributed by atoms with Gasteiger partial charge in [-0.3, -0.25) is 9.97 Å². The molecule has 0 saturated carbocycles. The van der Waals surface area contributed by atoms with E-state index in [1.807, 2.05) is 6.20 Å². The summed E-state index contributed by atoms with van der Waals surface area (Å²) in [5, 5.41) is 3.50. The van der Waals surface area contributed by atoms with Crippen molar-refractivity contribution >= 4 is 0 Å². The van der Waals surface area contributed by atoms with E-state index < -0.39 is 0 Å². The maximum atomic E-state index is 4.43. The van der Waals surface area contributed by atoms with Gasteiger partial charge in [-0.25, -0.2) is 0 Å². The molecule has 0 radical (unpaired) electrons. The summed E-state index contributed by atoms with van der Waals surface area (Å²) in [6.07, 6.45) is 6.27. The Morgan fingerprint density at radius 1 is 1.16 bits per heavy atom. The molecule has 2 aromatic rings. The van der Waals surface area contributed by atoms with Gasteiger partial charge in [0, 0.05) is 18.6 Å². The van der Waals surface area contributed by atoms with E-state index in [0.717, 1.165) is 18.7 Å². The fourth-order valence-corrected chi connectivity index (χ4v) is 2.39. The molecule has 0 aliphatic heterocycles. The van der Waals surface area contributed by atoms with Gasteiger partial charge in [0.05, 0.1) is 11.7 Å². The summed E-state index contributed by atoms with van der Waals surface area (Å²) < 4.78 is 0. The summed E-state index contributed by atoms with van der Waals surface area (Å²) >= 11 is 0. The average molecular weight is 255 g/mol. The molecule has 1 heterocycles. The molecule has 1 atom stereocenters. The molecule has 100 valence electrons. The van der Waals surface area contributed by atoms with E-state index in [-0.39, 0.29) is 6.04 Å². The molecular weight excluding hydrogens is 234 g/mol. The first-order valence-electron chi connectivity index (χ1n) is 6.76. The Morgan fingerprint density at radius 3 is 2.47 bits per heavy atom. The molecule has 0 amide bonds. The normalized spacial score (nSPS) is 12.4. The van der Waals surface area contributed by atoms with Gasteiger partial charge in [0.25, 0.3) is 0 Å². The second kappa shape index (κ2) is 6.43. The van der Waals surface area contributed by atoms with E-state index in [9.17, 15) is 0 Å². The van der Waals surface area contributed by atoms with Gasteiger partial charge in [-0.05, 0) is 43.5 Å². The molecule has 2 rings (SSSR count). The maximum absolute atomic E-state index is 4.43. The topological polar surface area (TPSA) is 37.8 Å². The van der Waals surface area contributed by atoms with Crippen LogP contribution in [0.4, 0.5) is 0 Å². The first-order chi connectivity index (χ1) is 9.22. The van der Waals surface area contributed by atoms with Crippen molar-refractivity contribution in [1.82, 2.24) is 15.3 Å². The number of aryl methyl sites for hydroxylation is 2. The molecule has 0 saturated heterocycles. The summed E-state index contributed by atoms with van der Waals surface area (Å²) in [6.45, 7) is 7.38. The second-order valence-electron chi connectivity index (χ2n) is 4.82. The number of rotatable bonds is 5. The number of nitrogens with zero attached hydrogens (tertiary/aromatic N) is 2. The highest BCUT2D eigenvalue weighted by atomic mass is 14.9. The Hall–Kier alpha value is -1.74. The van der Waals surface area contributed by atoms with Gasteiger partial charge in [-0.15, -0.1) is 0 Å². The zero-order valence-electron chi connectivity index (χ0n) is 11.9. The smallest absolute Gasteiger partial charge is 0.0759 e. The van der Waals surface area contributed by atoms with E-state index in [1.54, 1.807) is 12.4 Å². The molecule has 1 aromatic carbocycles. The highest BCUT2D eigenvalue weighted by Crippen LogP contribution is 2.21. The van der Waals surface area contributed by atoms with E-state index in [2.05, 4.69) is 54.3 Å². The summed E-state index contributed by atoms with van der Waals surface area (Å²) in [5.41, 5.74) is 5.09. The summed E-state index contributed by atoms with van der Waals surface area (Å²) in [6, 6.07) is 6.67. The van der Waals surface area contributed by atoms with Crippen molar-refractivity contribution in [3.8, 4) is 0 Å². The molecule has 0 aliphatic rings. The van der Waals surface area contributed by atoms with Crippen molar-refractivity contribution in [1.29, 1.82) is 0 Å². The van der Waals surface area contributed by atoms with Gasteiger partial charge in [0.1, 0.15) is 0 Å². The number of benzene rings is 1. The van der Waals surface area contributed by atoms with Crippen LogP contribution in [0.1, 0.15) is 35.3 Å². The Balaban J connectivity index is 2.27. The molecule has 1 aromatic heterocycles. The fourth-order valence-electron chi connectivity index (χ4n) is 2.39. The van der Waals surface area contributed by atoms with Crippen molar-refractivity contribution in [2.45, 2.75) is 33.2 Å². The number of likely N-dealkylation sites (N-methyl/N-ethyl adjacent to an activating group) is 1. The first-order valence-corrected chi connectivity index (χ1v) is 6.76. The zero-order chi connectivity index (χ0) is 13.7. The fraction of sp³-hybridized carbons (Fsp3) is 0.375. The molecule has 3 nitrogen and oxygen atoms in total. The zero-order valence-corrected chi connectivity index (χ0v) is 11.9. The van der Waals surface area contributed by atoms with Crippen molar-refractivity contribution in [3.63, 3.8) is 0 Å². The van der Waals surface area contributed by atoms with Crippen LogP contribution < -0.4 is 5.32 Å². The third-order valence-electron chi connectivity index (χ3n) is 3.44. The SMILES string of the molecule is CCNC(Cc1c(C)cccc1C)c1cnccn1. The largest absolute Gasteiger partial charge is 0.309 e. The minimum atomic E-state index is 0.221. The van der Waals surface area contributed by atoms with Gasteiger partial charge < -0.3 is 5.32 Å². The third-order valence-corrected chi connectivity index (χ3v) is 3.44. The maximum Gasteiger partial charge on any atom is 0.0759 e. The van der Waals surface area contributed by atoms with Crippen LogP contribution >= 0.6 is 0 Å². The lowest BCUT2D eigenvalue weighted by Gasteiger charge is -2.19. The molecule has 0 aliphatic carbocycles. The van der Waals surface area contributed by atoms with Crippen LogP contribution in [0, 0.1) is 13.8 Å². The van der Waals surface area contributed by atoms with E-state index in [1.165, 1.54) is 16.7 Å². The third kappa shape index (κ3) is 3.38. The quantitative estimate of drug-likeness (QED) is 0.892. The van der Waals surface area contributed by atoms with Gasteiger partial charge in [0.15, 0.2) is 0 Å². The highest BCUT2D eigenvalue weighted by molar-refractivity contribution is 5.34. The first kappa shape index (κ1) is 13.7. The Labute approximate surface area is 115 Å². The lowest BCUT2D eigenvalue weighted by atomic mass is 9.95. The highest BCUT2D eigenvalue weighted by Gasteiger charge is 2.15. The van der Waals surface area contributed by atoms with Crippen molar-refractivity contribution in [3.05, 3.63) is 59.2 Å². The lowest BCUT2D eigenvalue weighted by Crippen LogP contribution is -2.24. The van der Waals surface area contributed by atoms with E-state index >= 15 is 0 Å². The van der Waals surface area contributed by atoms with Crippen LogP contribution in [0.5, 0.6) is 0 Å². The predicted octanol–water partition coefficient (Wildman–Crippen LogP) is 2.99. The number of hydrogen-bond acceptors (Lipinski definition) is 3. The van der Waals surface area contributed by atoms with Gasteiger partial charge in [0.2, 0.25) is 0 Å². The van der Waals surface area contributed by atoms with Crippen LogP contribution in [-0.2, 0) is 6.42 Å². The van der Waals surface area contributed by atoms with Gasteiger partial charge in [-0.1, -0.05) is 25.1 Å². The lowest BCUT2D eigenvalue weighted by molar-refractivity contribution is 0.532. The molecule has 0 spiro atoms. The standard InChI is InChI=1S/C16H21N3/c1-4-18-15(16-11-17-8-9-19-16)10-14-12(2)6-5-7-13(14)3/h5-9,11,15,18H,4,10H2,1-3H3. The molecular formula is C16H21N3. The predicted molar refractivity (Wildman–Crippen MR) is 78.1 cm³/mol. The Morgan fingerprint density at radius 2 is 1.89 bits per heavy atom. The molecule has 1 N–H and O–H groups in total. The van der Waals surface area contributed by atoms with Gasteiger partial charge >= 0.3 is 0 Å². The number of nitrogens with one attached hydrogen (secondary N) is 1.